The quantitative estimate of drug-likeness (QED) is 0.741. The molecule has 0 aliphatic rings. The third kappa shape index (κ3) is 5.69. The zero-order valence-corrected chi connectivity index (χ0v) is 11.5. The predicted octanol–water partition coefficient (Wildman–Crippen LogP) is 4.17. The van der Waals surface area contributed by atoms with E-state index in [2.05, 4.69) is 10.1 Å². The first-order chi connectivity index (χ1) is 10.2. The highest BCUT2D eigenvalue weighted by Crippen LogP contribution is 2.17. The molecule has 0 atom stereocenters. The maximum absolute atomic E-state index is 12.0. The molecule has 0 radical (unpaired) electrons. The maximum Gasteiger partial charge on any atom is 0.387 e. The van der Waals surface area contributed by atoms with E-state index in [-0.39, 0.29) is 5.75 Å². The summed E-state index contributed by atoms with van der Waals surface area (Å²) in [6, 6.07) is 16.0. The van der Waals surface area contributed by atoms with Crippen molar-refractivity contribution >= 4 is 5.69 Å². The molecule has 2 rings (SSSR count). The van der Waals surface area contributed by atoms with Gasteiger partial charge in [-0.05, 0) is 42.8 Å². The molecular weight excluding hydrogens is 276 g/mol. The van der Waals surface area contributed by atoms with E-state index in [0.29, 0.717) is 6.61 Å². The van der Waals surface area contributed by atoms with Crippen molar-refractivity contribution in [3.05, 3.63) is 54.6 Å². The zero-order valence-electron chi connectivity index (χ0n) is 11.5. The number of hydrogen-bond acceptors (Lipinski definition) is 3. The lowest BCUT2D eigenvalue weighted by molar-refractivity contribution is -0.0498. The fourth-order valence-corrected chi connectivity index (χ4v) is 1.77. The van der Waals surface area contributed by atoms with Crippen LogP contribution in [0.1, 0.15) is 6.42 Å². The molecule has 0 unspecified atom stereocenters. The summed E-state index contributed by atoms with van der Waals surface area (Å²) < 4.78 is 33.8. The molecule has 0 aliphatic carbocycles. The topological polar surface area (TPSA) is 30.5 Å². The first-order valence-corrected chi connectivity index (χ1v) is 6.70. The molecule has 0 saturated carbocycles. The lowest BCUT2D eigenvalue weighted by Gasteiger charge is -2.09. The van der Waals surface area contributed by atoms with Crippen LogP contribution in [0, 0.1) is 0 Å². The molecule has 2 aromatic carbocycles. The number of nitrogens with one attached hydrogen (secondary N) is 1. The molecule has 0 saturated heterocycles. The van der Waals surface area contributed by atoms with E-state index in [1.165, 1.54) is 12.1 Å². The monoisotopic (exact) mass is 293 g/mol. The molecule has 0 aliphatic heterocycles. The van der Waals surface area contributed by atoms with Crippen LogP contribution >= 0.6 is 0 Å². The minimum Gasteiger partial charge on any atom is -0.494 e. The summed E-state index contributed by atoms with van der Waals surface area (Å²) in [5.41, 5.74) is 0.858. The average molecular weight is 293 g/mol. The number of benzene rings is 2. The molecule has 112 valence electrons. The van der Waals surface area contributed by atoms with Crippen molar-refractivity contribution in [2.24, 2.45) is 0 Å². The van der Waals surface area contributed by atoms with Crippen LogP contribution in [-0.4, -0.2) is 19.8 Å². The lowest BCUT2D eigenvalue weighted by atomic mass is 10.3. The van der Waals surface area contributed by atoms with E-state index < -0.39 is 6.61 Å². The molecule has 0 fully saturated rings. The highest BCUT2D eigenvalue weighted by atomic mass is 19.3. The molecular formula is C16H17F2NO2. The van der Waals surface area contributed by atoms with Gasteiger partial charge >= 0.3 is 6.61 Å². The zero-order chi connectivity index (χ0) is 14.9. The van der Waals surface area contributed by atoms with E-state index in [4.69, 9.17) is 4.74 Å². The van der Waals surface area contributed by atoms with Crippen molar-refractivity contribution in [2.45, 2.75) is 13.0 Å². The van der Waals surface area contributed by atoms with Crippen LogP contribution in [-0.2, 0) is 0 Å². The predicted molar refractivity (Wildman–Crippen MR) is 78.1 cm³/mol. The van der Waals surface area contributed by atoms with Crippen LogP contribution in [0.4, 0.5) is 14.5 Å². The largest absolute Gasteiger partial charge is 0.494 e. The maximum atomic E-state index is 12.0. The number of anilines is 1. The SMILES string of the molecule is FC(F)Oc1ccc(NCCCOc2ccccc2)cc1. The summed E-state index contributed by atoms with van der Waals surface area (Å²) in [4.78, 5) is 0. The fourth-order valence-electron chi connectivity index (χ4n) is 1.77. The second-order valence-corrected chi connectivity index (χ2v) is 4.34. The van der Waals surface area contributed by atoms with Gasteiger partial charge in [0.15, 0.2) is 0 Å². The number of alkyl halides is 2. The molecule has 2 aromatic rings. The Morgan fingerprint density at radius 2 is 1.62 bits per heavy atom. The van der Waals surface area contributed by atoms with Gasteiger partial charge in [-0.2, -0.15) is 8.78 Å². The van der Waals surface area contributed by atoms with Gasteiger partial charge < -0.3 is 14.8 Å². The van der Waals surface area contributed by atoms with E-state index in [1.54, 1.807) is 12.1 Å². The van der Waals surface area contributed by atoms with E-state index >= 15 is 0 Å². The molecule has 5 heteroatoms. The van der Waals surface area contributed by atoms with Gasteiger partial charge in [0.2, 0.25) is 0 Å². The number of hydrogen-bond donors (Lipinski definition) is 1. The van der Waals surface area contributed by atoms with E-state index in [9.17, 15) is 8.78 Å². The van der Waals surface area contributed by atoms with Crippen LogP contribution in [0.2, 0.25) is 0 Å². The second kappa shape index (κ2) is 8.09. The number of halogens is 2. The standard InChI is InChI=1S/C16H17F2NO2/c17-16(18)21-15-9-7-13(8-10-15)19-11-4-12-20-14-5-2-1-3-6-14/h1-3,5-10,16,19H,4,11-12H2. The van der Waals surface area contributed by atoms with Crippen molar-refractivity contribution in [1.29, 1.82) is 0 Å². The second-order valence-electron chi connectivity index (χ2n) is 4.34. The first-order valence-electron chi connectivity index (χ1n) is 6.70. The summed E-state index contributed by atoms with van der Waals surface area (Å²) in [7, 11) is 0. The smallest absolute Gasteiger partial charge is 0.387 e. The Bertz CT molecular complexity index is 518. The molecule has 0 aromatic heterocycles. The molecule has 0 spiro atoms. The summed E-state index contributed by atoms with van der Waals surface area (Å²) in [5, 5.41) is 3.19. The highest BCUT2D eigenvalue weighted by molar-refractivity contribution is 5.46. The van der Waals surface area contributed by atoms with Crippen molar-refractivity contribution in [3.63, 3.8) is 0 Å². The Balaban J connectivity index is 1.64. The van der Waals surface area contributed by atoms with Crippen molar-refractivity contribution < 1.29 is 18.3 Å². The molecule has 0 amide bonds. The van der Waals surface area contributed by atoms with E-state index in [1.807, 2.05) is 30.3 Å². The lowest BCUT2D eigenvalue weighted by Crippen LogP contribution is -2.07. The average Bonchev–Trinajstić information content (AvgIpc) is 2.49. The van der Waals surface area contributed by atoms with Crippen molar-refractivity contribution in [3.8, 4) is 11.5 Å². The molecule has 0 bridgehead atoms. The highest BCUT2D eigenvalue weighted by Gasteiger charge is 2.03. The van der Waals surface area contributed by atoms with Crippen LogP contribution in [0.3, 0.4) is 0 Å². The number of ether oxygens (including phenoxy) is 2. The number of rotatable bonds is 8. The minimum absolute atomic E-state index is 0.156. The molecule has 0 heterocycles. The van der Waals surface area contributed by atoms with Gasteiger partial charge in [-0.3, -0.25) is 0 Å². The first kappa shape index (κ1) is 15.1. The third-order valence-corrected chi connectivity index (χ3v) is 2.74. The minimum atomic E-state index is -2.79. The summed E-state index contributed by atoms with van der Waals surface area (Å²) >= 11 is 0. The Morgan fingerprint density at radius 3 is 2.29 bits per heavy atom. The van der Waals surface area contributed by atoms with Gasteiger partial charge in [0.05, 0.1) is 6.61 Å². The Morgan fingerprint density at radius 1 is 0.905 bits per heavy atom. The summed E-state index contributed by atoms with van der Waals surface area (Å²) in [6.45, 7) is -1.44. The Kier molecular flexibility index (Phi) is 5.82. The van der Waals surface area contributed by atoms with Gasteiger partial charge in [-0.15, -0.1) is 0 Å². The summed E-state index contributed by atoms with van der Waals surface area (Å²) in [6.07, 6.45) is 0.837. The molecule has 21 heavy (non-hydrogen) atoms. The van der Waals surface area contributed by atoms with Gasteiger partial charge in [0, 0.05) is 12.2 Å². The Labute approximate surface area is 122 Å². The van der Waals surface area contributed by atoms with Gasteiger partial charge in [0.1, 0.15) is 11.5 Å². The van der Waals surface area contributed by atoms with Crippen LogP contribution in [0.25, 0.3) is 0 Å². The van der Waals surface area contributed by atoms with E-state index in [0.717, 1.165) is 24.4 Å². The van der Waals surface area contributed by atoms with Gasteiger partial charge in [0.25, 0.3) is 0 Å². The molecule has 1 N–H and O–H groups in total. The van der Waals surface area contributed by atoms with Gasteiger partial charge in [-0.25, -0.2) is 0 Å². The van der Waals surface area contributed by atoms with Gasteiger partial charge in [-0.1, -0.05) is 18.2 Å². The molecule has 3 nitrogen and oxygen atoms in total. The van der Waals surface area contributed by atoms with Crippen LogP contribution in [0.15, 0.2) is 54.6 Å². The fraction of sp³-hybridized carbons (Fsp3) is 0.250. The van der Waals surface area contributed by atoms with Crippen LogP contribution < -0.4 is 14.8 Å². The van der Waals surface area contributed by atoms with Crippen molar-refractivity contribution in [1.82, 2.24) is 0 Å². The van der Waals surface area contributed by atoms with Crippen molar-refractivity contribution in [2.75, 3.05) is 18.5 Å². The van der Waals surface area contributed by atoms with Crippen LogP contribution in [0.5, 0.6) is 11.5 Å². The third-order valence-electron chi connectivity index (χ3n) is 2.74. The summed E-state index contributed by atoms with van der Waals surface area (Å²) in [5.74, 6) is 1.01. The number of para-hydroxylation sites is 1. The Hall–Kier alpha value is -2.30. The normalized spacial score (nSPS) is 10.4.